The van der Waals surface area contributed by atoms with Crippen LogP contribution in [0.5, 0.6) is 0 Å². The zero-order valence-electron chi connectivity index (χ0n) is 13.0. The molecule has 0 saturated carbocycles. The summed E-state index contributed by atoms with van der Waals surface area (Å²) in [6.07, 6.45) is 3.17. The van der Waals surface area contributed by atoms with Gasteiger partial charge in [-0.25, -0.2) is 4.79 Å². The number of furan rings is 1. The van der Waals surface area contributed by atoms with Crippen LogP contribution >= 0.6 is 11.6 Å². The zero-order valence-corrected chi connectivity index (χ0v) is 13.8. The van der Waals surface area contributed by atoms with Crippen LogP contribution < -0.4 is 10.6 Å². The van der Waals surface area contributed by atoms with Crippen molar-refractivity contribution in [3.05, 3.63) is 59.0 Å². The molecular weight excluding hydrogens is 316 g/mol. The van der Waals surface area contributed by atoms with Crippen LogP contribution in [0.15, 0.2) is 47.1 Å². The Morgan fingerprint density at radius 3 is 2.65 bits per heavy atom. The van der Waals surface area contributed by atoms with Crippen LogP contribution in [0.2, 0.25) is 5.02 Å². The molecule has 0 aliphatic carbocycles. The van der Waals surface area contributed by atoms with E-state index in [0.717, 1.165) is 17.9 Å². The molecule has 0 fully saturated rings. The average molecular weight is 337 g/mol. The summed E-state index contributed by atoms with van der Waals surface area (Å²) in [7, 11) is 0. The Labute approximate surface area is 140 Å². The highest BCUT2D eigenvalue weighted by Crippen LogP contribution is 2.19. The number of nitrogens with one attached hydrogen (secondary N) is 2. The maximum Gasteiger partial charge on any atom is 0.314 e. The van der Waals surface area contributed by atoms with Gasteiger partial charge in [0.1, 0.15) is 11.4 Å². The van der Waals surface area contributed by atoms with Gasteiger partial charge in [0.2, 0.25) is 0 Å². The summed E-state index contributed by atoms with van der Waals surface area (Å²) in [5, 5.41) is 16.3. The number of carbonyl (C=O) groups is 1. The van der Waals surface area contributed by atoms with Crippen molar-refractivity contribution in [2.24, 2.45) is 0 Å². The van der Waals surface area contributed by atoms with Crippen molar-refractivity contribution in [2.45, 2.75) is 25.4 Å². The van der Waals surface area contributed by atoms with Crippen molar-refractivity contribution in [3.8, 4) is 0 Å². The fourth-order valence-electron chi connectivity index (χ4n) is 2.13. The lowest BCUT2D eigenvalue weighted by molar-refractivity contribution is 0.0367. The van der Waals surface area contributed by atoms with Gasteiger partial charge in [-0.05, 0) is 49.6 Å². The van der Waals surface area contributed by atoms with E-state index in [4.69, 9.17) is 16.0 Å². The number of hydrogen-bond donors (Lipinski definition) is 3. The molecule has 2 aromatic rings. The van der Waals surface area contributed by atoms with Gasteiger partial charge in [-0.15, -0.1) is 0 Å². The Hall–Kier alpha value is -1.98. The molecule has 0 bridgehead atoms. The molecule has 0 spiro atoms. The first kappa shape index (κ1) is 17.4. The van der Waals surface area contributed by atoms with Crippen LogP contribution in [0.3, 0.4) is 0 Å². The molecule has 5 nitrogen and oxygen atoms in total. The van der Waals surface area contributed by atoms with E-state index in [2.05, 4.69) is 10.6 Å². The number of aliphatic hydroxyl groups is 1. The molecular formula is C17H21ClN2O3. The molecule has 2 amide bonds. The second-order valence-corrected chi connectivity index (χ2v) is 6.03. The highest BCUT2D eigenvalue weighted by molar-refractivity contribution is 6.30. The summed E-state index contributed by atoms with van der Waals surface area (Å²) in [6.45, 7) is 2.22. The summed E-state index contributed by atoms with van der Waals surface area (Å²) in [5.74, 6) is 0.417. The lowest BCUT2D eigenvalue weighted by Gasteiger charge is -2.21. The Morgan fingerprint density at radius 1 is 1.26 bits per heavy atom. The van der Waals surface area contributed by atoms with E-state index >= 15 is 0 Å². The van der Waals surface area contributed by atoms with Crippen molar-refractivity contribution in [1.29, 1.82) is 0 Å². The molecule has 1 aromatic carbocycles. The van der Waals surface area contributed by atoms with Gasteiger partial charge < -0.3 is 20.2 Å². The Balaban J connectivity index is 1.64. The lowest BCUT2D eigenvalue weighted by atomic mass is 10.0. The third-order valence-corrected chi connectivity index (χ3v) is 3.74. The minimum absolute atomic E-state index is 0.0729. The smallest absolute Gasteiger partial charge is 0.314 e. The number of amides is 2. The average Bonchev–Trinajstić information content (AvgIpc) is 3.07. The van der Waals surface area contributed by atoms with Crippen LogP contribution in [-0.2, 0) is 12.0 Å². The molecule has 23 heavy (non-hydrogen) atoms. The SMILES string of the molecule is CC(O)(CNC(=O)NCCCc1ccc(Cl)cc1)c1ccco1. The molecule has 1 unspecified atom stereocenters. The Bertz CT molecular complexity index is 609. The van der Waals surface area contributed by atoms with Gasteiger partial charge >= 0.3 is 6.03 Å². The molecule has 0 aliphatic rings. The summed E-state index contributed by atoms with van der Waals surface area (Å²) < 4.78 is 5.16. The molecule has 0 radical (unpaired) electrons. The summed E-state index contributed by atoms with van der Waals surface area (Å²) in [4.78, 5) is 11.7. The van der Waals surface area contributed by atoms with E-state index in [9.17, 15) is 9.90 Å². The quantitative estimate of drug-likeness (QED) is 0.680. The van der Waals surface area contributed by atoms with E-state index in [1.165, 1.54) is 11.8 Å². The van der Waals surface area contributed by atoms with E-state index in [0.29, 0.717) is 12.3 Å². The normalized spacial score (nSPS) is 13.3. The Morgan fingerprint density at radius 2 is 2.00 bits per heavy atom. The van der Waals surface area contributed by atoms with Crippen LogP contribution in [0.25, 0.3) is 0 Å². The first-order chi connectivity index (χ1) is 11.0. The minimum Gasteiger partial charge on any atom is -0.466 e. The third-order valence-electron chi connectivity index (χ3n) is 3.49. The van der Waals surface area contributed by atoms with Gasteiger partial charge in [-0.1, -0.05) is 23.7 Å². The molecule has 2 rings (SSSR count). The van der Waals surface area contributed by atoms with Crippen molar-refractivity contribution in [1.82, 2.24) is 10.6 Å². The van der Waals surface area contributed by atoms with Crippen LogP contribution in [-0.4, -0.2) is 24.2 Å². The fourth-order valence-corrected chi connectivity index (χ4v) is 2.26. The maximum atomic E-state index is 11.7. The van der Waals surface area contributed by atoms with Crippen molar-refractivity contribution < 1.29 is 14.3 Å². The number of carbonyl (C=O) groups excluding carboxylic acids is 1. The molecule has 1 aromatic heterocycles. The molecule has 6 heteroatoms. The van der Waals surface area contributed by atoms with Gasteiger partial charge in [0.25, 0.3) is 0 Å². The van der Waals surface area contributed by atoms with Gasteiger partial charge in [-0.3, -0.25) is 0 Å². The highest BCUT2D eigenvalue weighted by Gasteiger charge is 2.26. The van der Waals surface area contributed by atoms with Gasteiger partial charge in [0, 0.05) is 11.6 Å². The van der Waals surface area contributed by atoms with E-state index in [-0.39, 0.29) is 12.6 Å². The number of urea groups is 1. The molecule has 1 heterocycles. The topological polar surface area (TPSA) is 74.5 Å². The molecule has 0 saturated heterocycles. The Kier molecular flexibility index (Phi) is 6.07. The minimum atomic E-state index is -1.23. The van der Waals surface area contributed by atoms with Gasteiger partial charge in [0.15, 0.2) is 0 Å². The van der Waals surface area contributed by atoms with Gasteiger partial charge in [-0.2, -0.15) is 0 Å². The van der Waals surface area contributed by atoms with E-state index in [1.807, 2.05) is 24.3 Å². The predicted octanol–water partition coefficient (Wildman–Crippen LogP) is 3.07. The van der Waals surface area contributed by atoms with E-state index < -0.39 is 5.60 Å². The standard InChI is InChI=1S/C17H21ClN2O3/c1-17(22,15-5-3-11-23-15)12-20-16(21)19-10-2-4-13-6-8-14(18)9-7-13/h3,5-9,11,22H,2,4,10,12H2,1H3,(H2,19,20,21). The largest absolute Gasteiger partial charge is 0.466 e. The number of aryl methyl sites for hydroxylation is 1. The second kappa shape index (κ2) is 8.04. The van der Waals surface area contributed by atoms with Gasteiger partial charge in [0.05, 0.1) is 12.8 Å². The van der Waals surface area contributed by atoms with Crippen molar-refractivity contribution >= 4 is 17.6 Å². The summed E-state index contributed by atoms with van der Waals surface area (Å²) in [5.41, 5.74) is -0.0539. The number of rotatable bonds is 7. The van der Waals surface area contributed by atoms with Crippen LogP contribution in [0.1, 0.15) is 24.7 Å². The van der Waals surface area contributed by atoms with Crippen molar-refractivity contribution in [2.75, 3.05) is 13.1 Å². The maximum absolute atomic E-state index is 11.7. The fraction of sp³-hybridized carbons (Fsp3) is 0.353. The molecule has 0 aliphatic heterocycles. The lowest BCUT2D eigenvalue weighted by Crippen LogP contribution is -2.43. The van der Waals surface area contributed by atoms with Crippen LogP contribution in [0.4, 0.5) is 4.79 Å². The summed E-state index contributed by atoms with van der Waals surface area (Å²) in [6, 6.07) is 10.7. The number of halogens is 1. The van der Waals surface area contributed by atoms with Crippen LogP contribution in [0, 0.1) is 0 Å². The summed E-state index contributed by atoms with van der Waals surface area (Å²) >= 11 is 5.83. The molecule has 3 N–H and O–H groups in total. The van der Waals surface area contributed by atoms with Crippen molar-refractivity contribution in [3.63, 3.8) is 0 Å². The highest BCUT2D eigenvalue weighted by atomic mass is 35.5. The molecule has 124 valence electrons. The first-order valence-electron chi connectivity index (χ1n) is 7.50. The number of hydrogen-bond acceptors (Lipinski definition) is 3. The first-order valence-corrected chi connectivity index (χ1v) is 7.88. The second-order valence-electron chi connectivity index (χ2n) is 5.59. The number of benzene rings is 1. The predicted molar refractivity (Wildman–Crippen MR) is 89.5 cm³/mol. The monoisotopic (exact) mass is 336 g/mol. The third kappa shape index (κ3) is 5.62. The zero-order chi connectivity index (χ0) is 16.7. The van der Waals surface area contributed by atoms with E-state index in [1.54, 1.807) is 19.1 Å². The molecule has 1 atom stereocenters.